The van der Waals surface area contributed by atoms with E-state index in [0.717, 1.165) is 24.8 Å². The third kappa shape index (κ3) is 3.82. The zero-order valence-electron chi connectivity index (χ0n) is 13.6. The summed E-state index contributed by atoms with van der Waals surface area (Å²) in [5.41, 5.74) is 0. The molecular weight excluding hydrogens is 308 g/mol. The lowest BCUT2D eigenvalue weighted by Crippen LogP contribution is -2.34. The van der Waals surface area contributed by atoms with Gasteiger partial charge in [-0.05, 0) is 50.7 Å². The minimum atomic E-state index is 0.542. The van der Waals surface area contributed by atoms with Gasteiger partial charge in [-0.3, -0.25) is 4.90 Å². The highest BCUT2D eigenvalue weighted by Crippen LogP contribution is 2.38. The van der Waals surface area contributed by atoms with E-state index in [1.165, 1.54) is 43.6 Å². The molecular formula is C17H24N4OS. The summed E-state index contributed by atoms with van der Waals surface area (Å²) < 4.78 is 5.36. The Bertz CT molecular complexity index is 622. The Morgan fingerprint density at radius 1 is 1.39 bits per heavy atom. The van der Waals surface area contributed by atoms with Crippen molar-refractivity contribution in [2.45, 2.75) is 44.2 Å². The molecule has 0 aromatic carbocycles. The average molecular weight is 332 g/mol. The first-order valence-electron chi connectivity index (χ1n) is 8.55. The standard InChI is InChI=1S/C17H24N4OS/c1-20(12-16-18-17(22-19-16)13-4-5-13)14-6-8-21(11-14)9-7-15-3-2-10-23-15/h2-3,10,13-14H,4-9,11-12H2,1H3/t14-/m0/s1. The van der Waals surface area contributed by atoms with Gasteiger partial charge >= 0.3 is 0 Å². The van der Waals surface area contributed by atoms with Crippen LogP contribution in [0.25, 0.3) is 0 Å². The largest absolute Gasteiger partial charge is 0.339 e. The summed E-state index contributed by atoms with van der Waals surface area (Å²) in [5, 5.41) is 6.30. The number of hydrogen-bond donors (Lipinski definition) is 0. The number of nitrogens with zero attached hydrogens (tertiary/aromatic N) is 4. The van der Waals surface area contributed by atoms with Crippen LogP contribution >= 0.6 is 11.3 Å². The molecule has 0 amide bonds. The van der Waals surface area contributed by atoms with Crippen molar-refractivity contribution in [3.05, 3.63) is 34.1 Å². The Morgan fingerprint density at radius 3 is 3.09 bits per heavy atom. The first-order chi connectivity index (χ1) is 11.3. The van der Waals surface area contributed by atoms with Crippen LogP contribution in [-0.4, -0.2) is 52.7 Å². The maximum Gasteiger partial charge on any atom is 0.229 e. The Morgan fingerprint density at radius 2 is 2.30 bits per heavy atom. The van der Waals surface area contributed by atoms with Crippen molar-refractivity contribution < 1.29 is 4.52 Å². The first-order valence-corrected chi connectivity index (χ1v) is 9.43. The van der Waals surface area contributed by atoms with E-state index in [2.05, 4.69) is 44.5 Å². The van der Waals surface area contributed by atoms with Gasteiger partial charge in [0.2, 0.25) is 5.89 Å². The molecule has 4 rings (SSSR count). The van der Waals surface area contributed by atoms with Crippen LogP contribution in [-0.2, 0) is 13.0 Å². The van der Waals surface area contributed by atoms with Crippen molar-refractivity contribution in [2.75, 3.05) is 26.7 Å². The van der Waals surface area contributed by atoms with Gasteiger partial charge in [-0.15, -0.1) is 11.3 Å². The fourth-order valence-electron chi connectivity index (χ4n) is 3.28. The van der Waals surface area contributed by atoms with E-state index >= 15 is 0 Å². The van der Waals surface area contributed by atoms with Gasteiger partial charge in [0, 0.05) is 29.9 Å². The van der Waals surface area contributed by atoms with Gasteiger partial charge in [0.05, 0.1) is 6.54 Å². The summed E-state index contributed by atoms with van der Waals surface area (Å²) in [5.74, 6) is 2.23. The minimum absolute atomic E-state index is 0.542. The van der Waals surface area contributed by atoms with Gasteiger partial charge in [-0.1, -0.05) is 11.2 Å². The molecule has 3 heterocycles. The van der Waals surface area contributed by atoms with Crippen molar-refractivity contribution in [1.82, 2.24) is 19.9 Å². The predicted octanol–water partition coefficient (Wildman–Crippen LogP) is 2.76. The molecule has 1 saturated heterocycles. The van der Waals surface area contributed by atoms with Gasteiger partial charge < -0.3 is 9.42 Å². The smallest absolute Gasteiger partial charge is 0.229 e. The summed E-state index contributed by atoms with van der Waals surface area (Å²) in [6.07, 6.45) is 4.82. The molecule has 0 bridgehead atoms. The molecule has 0 radical (unpaired) electrons. The van der Waals surface area contributed by atoms with Crippen molar-refractivity contribution in [2.24, 2.45) is 0 Å². The average Bonchev–Trinajstić information content (AvgIpc) is 3.00. The number of likely N-dealkylation sites (tertiary alicyclic amines) is 1. The van der Waals surface area contributed by atoms with E-state index in [1.54, 1.807) is 0 Å². The number of thiophene rings is 1. The van der Waals surface area contributed by atoms with E-state index in [0.29, 0.717) is 12.0 Å². The summed E-state index contributed by atoms with van der Waals surface area (Å²) in [6.45, 7) is 4.30. The van der Waals surface area contributed by atoms with Crippen molar-refractivity contribution in [1.29, 1.82) is 0 Å². The van der Waals surface area contributed by atoms with E-state index in [-0.39, 0.29) is 0 Å². The third-order valence-electron chi connectivity index (χ3n) is 4.93. The molecule has 6 heteroatoms. The topological polar surface area (TPSA) is 45.4 Å². The fraction of sp³-hybridized carbons (Fsp3) is 0.647. The molecule has 0 N–H and O–H groups in total. The highest BCUT2D eigenvalue weighted by Gasteiger charge is 2.30. The van der Waals surface area contributed by atoms with Crippen LogP contribution in [0, 0.1) is 0 Å². The van der Waals surface area contributed by atoms with Crippen molar-refractivity contribution in [3.63, 3.8) is 0 Å². The zero-order valence-corrected chi connectivity index (χ0v) is 14.5. The third-order valence-corrected chi connectivity index (χ3v) is 5.86. The first kappa shape index (κ1) is 15.3. The lowest BCUT2D eigenvalue weighted by molar-refractivity contribution is 0.218. The lowest BCUT2D eigenvalue weighted by atomic mass is 10.2. The van der Waals surface area contributed by atoms with Gasteiger partial charge in [-0.2, -0.15) is 4.98 Å². The monoisotopic (exact) mass is 332 g/mol. The van der Waals surface area contributed by atoms with E-state index < -0.39 is 0 Å². The van der Waals surface area contributed by atoms with Crippen molar-refractivity contribution >= 4 is 11.3 Å². The van der Waals surface area contributed by atoms with Crippen LogP contribution in [0.1, 0.15) is 41.8 Å². The van der Waals surface area contributed by atoms with Gasteiger partial charge in [0.15, 0.2) is 5.82 Å². The molecule has 1 saturated carbocycles. The molecule has 5 nitrogen and oxygen atoms in total. The normalized spacial score (nSPS) is 22.3. The van der Waals surface area contributed by atoms with Gasteiger partial charge in [-0.25, -0.2) is 0 Å². The molecule has 1 atom stereocenters. The summed E-state index contributed by atoms with van der Waals surface area (Å²) in [7, 11) is 2.18. The van der Waals surface area contributed by atoms with Crippen LogP contribution in [0.5, 0.6) is 0 Å². The molecule has 2 aromatic rings. The molecule has 0 spiro atoms. The Kier molecular flexibility index (Phi) is 4.46. The number of likely N-dealkylation sites (N-methyl/N-ethyl adjacent to an activating group) is 1. The van der Waals surface area contributed by atoms with Crippen LogP contribution < -0.4 is 0 Å². The van der Waals surface area contributed by atoms with Crippen LogP contribution in [0.2, 0.25) is 0 Å². The molecule has 1 aliphatic heterocycles. The van der Waals surface area contributed by atoms with Crippen LogP contribution in [0.3, 0.4) is 0 Å². The highest BCUT2D eigenvalue weighted by atomic mass is 32.1. The zero-order chi connectivity index (χ0) is 15.6. The van der Waals surface area contributed by atoms with E-state index in [4.69, 9.17) is 4.52 Å². The lowest BCUT2D eigenvalue weighted by Gasteiger charge is -2.23. The van der Waals surface area contributed by atoms with E-state index in [1.807, 2.05) is 11.3 Å². The summed E-state index contributed by atoms with van der Waals surface area (Å²) >= 11 is 1.86. The second-order valence-electron chi connectivity index (χ2n) is 6.81. The molecule has 1 aliphatic carbocycles. The maximum absolute atomic E-state index is 5.36. The maximum atomic E-state index is 5.36. The van der Waals surface area contributed by atoms with Gasteiger partial charge in [0.25, 0.3) is 0 Å². The fourth-order valence-corrected chi connectivity index (χ4v) is 3.98. The molecule has 2 fully saturated rings. The van der Waals surface area contributed by atoms with Crippen molar-refractivity contribution in [3.8, 4) is 0 Å². The Hall–Kier alpha value is -1.24. The molecule has 2 aromatic heterocycles. The molecule has 23 heavy (non-hydrogen) atoms. The summed E-state index contributed by atoms with van der Waals surface area (Å²) in [4.78, 5) is 11.0. The Balaban J connectivity index is 1.24. The number of hydrogen-bond acceptors (Lipinski definition) is 6. The predicted molar refractivity (Wildman–Crippen MR) is 90.6 cm³/mol. The Labute approximate surface area is 141 Å². The second-order valence-corrected chi connectivity index (χ2v) is 7.84. The summed E-state index contributed by atoms with van der Waals surface area (Å²) in [6, 6.07) is 4.97. The van der Waals surface area contributed by atoms with Crippen LogP contribution in [0.4, 0.5) is 0 Å². The van der Waals surface area contributed by atoms with Gasteiger partial charge in [0.1, 0.15) is 0 Å². The number of aromatic nitrogens is 2. The molecule has 2 aliphatic rings. The second kappa shape index (κ2) is 6.71. The molecule has 0 unspecified atom stereocenters. The number of rotatable bonds is 7. The molecule has 124 valence electrons. The minimum Gasteiger partial charge on any atom is -0.339 e. The van der Waals surface area contributed by atoms with E-state index in [9.17, 15) is 0 Å². The van der Waals surface area contributed by atoms with Crippen LogP contribution in [0.15, 0.2) is 22.0 Å². The quantitative estimate of drug-likeness (QED) is 0.780. The highest BCUT2D eigenvalue weighted by molar-refractivity contribution is 7.09. The SMILES string of the molecule is CN(Cc1noc(C2CC2)n1)[C@H]1CCN(CCc2cccs2)C1.